The Morgan fingerprint density at radius 1 is 0.423 bits per heavy atom. The second-order valence-electron chi connectivity index (χ2n) is 32.2. The number of amides is 6. The summed E-state index contributed by atoms with van der Waals surface area (Å²) in [5, 5.41) is 70.9. The Morgan fingerprint density at radius 2 is 0.838 bits per heavy atom. The van der Waals surface area contributed by atoms with E-state index in [9.17, 15) is 78.0 Å². The Hall–Kier alpha value is -14.0. The summed E-state index contributed by atoms with van der Waals surface area (Å²) in [5.41, 5.74) is 14.9. The van der Waals surface area contributed by atoms with Gasteiger partial charge in [-0.1, -0.05) is 208 Å². The fourth-order valence-corrected chi connectivity index (χ4v) is 16.7. The molecule has 11 aromatic rings. The SMILES string of the molecule is N=C/C=C(/CCCC(=O)Cc1ccc(C(=O)CC[C@H](NC(=O)c2c(Cl)cccc2Cl)C(=O)O)cc1)N=N.O=C(CC[C@H](NC(=O)c1c(Cl)cccc1Cl)C(=O)O)c1ccc(CCCc2ccccn2)cc1.O=C(NCC[C@H](NC(=O)c1c(Cl)cccc1Cl)C(=O)O)NCc1ccc(Nc2ccccn2)cc1.O=C(N[C@H](Cc1ccc(N2CCC(CNc3ccccn3)CC2)cc1)C(=O)O)c1c(Cl)cccc1Cl. The molecule has 6 amide bonds. The number of nitrogens with one attached hydrogen (secondary N) is 10. The number of halogens is 8. The molecule has 1 saturated heterocycles. The van der Waals surface area contributed by atoms with E-state index in [-0.39, 0.29) is 138 Å². The smallest absolute Gasteiger partial charge is 0.326 e. The molecule has 0 saturated carbocycles. The number of rotatable bonds is 45. The van der Waals surface area contributed by atoms with Crippen LogP contribution in [0.2, 0.25) is 40.2 Å². The topological polar surface area (TPSA) is 484 Å². The van der Waals surface area contributed by atoms with Crippen LogP contribution < -0.4 is 47.4 Å². The number of Topliss-reactive ketones (excluding diaryl/α,β-unsaturated/α-hetero) is 3. The number of carbonyl (C=O) groups excluding carboxylic acids is 8. The number of carboxylic acids is 4. The predicted octanol–water partition coefficient (Wildman–Crippen LogP) is 20.4. The molecule has 0 unspecified atom stereocenters. The number of aromatic nitrogens is 3. The van der Waals surface area contributed by atoms with E-state index in [0.717, 1.165) is 109 Å². The van der Waals surface area contributed by atoms with Crippen molar-refractivity contribution in [1.29, 1.82) is 10.9 Å². The number of ketones is 3. The van der Waals surface area contributed by atoms with Gasteiger partial charge in [-0.25, -0.2) is 39.5 Å². The largest absolute Gasteiger partial charge is 0.480 e. The van der Waals surface area contributed by atoms with Crippen molar-refractivity contribution in [1.82, 2.24) is 46.9 Å². The maximum Gasteiger partial charge on any atom is 0.326 e. The monoisotopic (exact) mass is 2080 g/mol. The fraction of sp³-hybridized carbons (Fsp3) is 0.243. The molecule has 3 aromatic heterocycles. The summed E-state index contributed by atoms with van der Waals surface area (Å²) in [7, 11) is 0. The Bertz CT molecular complexity index is 6140. The fourth-order valence-electron chi connectivity index (χ4n) is 14.4. The summed E-state index contributed by atoms with van der Waals surface area (Å²) in [6, 6.07) is 59.3. The first-order chi connectivity index (χ1) is 68.2. The third-order valence-corrected chi connectivity index (χ3v) is 24.6. The minimum absolute atomic E-state index is 0.00189. The number of hydrogen-bond acceptors (Lipinski definition) is 21. The Kier molecular flexibility index (Phi) is 45.8. The first-order valence-electron chi connectivity index (χ1n) is 44.7. The van der Waals surface area contributed by atoms with Crippen LogP contribution in [-0.4, -0.2) is 163 Å². The number of nitrogens with zero attached hydrogens (tertiary/aromatic N) is 5. The zero-order valence-corrected chi connectivity index (χ0v) is 82.3. The van der Waals surface area contributed by atoms with Gasteiger partial charge < -0.3 is 73.3 Å². The number of benzene rings is 8. The Balaban J connectivity index is 0.000000211. The number of allylic oxidation sites excluding steroid dienone is 2. The highest BCUT2D eigenvalue weighted by atomic mass is 35.5. The van der Waals surface area contributed by atoms with Crippen LogP contribution in [0.15, 0.2) is 260 Å². The second-order valence-corrected chi connectivity index (χ2v) is 35.4. The molecule has 12 rings (SSSR count). The van der Waals surface area contributed by atoms with Gasteiger partial charge in [0, 0.05) is 118 Å². The van der Waals surface area contributed by atoms with Crippen molar-refractivity contribution in [3.05, 3.63) is 356 Å². The van der Waals surface area contributed by atoms with E-state index < -0.39 is 77.7 Å². The van der Waals surface area contributed by atoms with Gasteiger partial charge in [-0.15, -0.1) is 0 Å². The van der Waals surface area contributed by atoms with Gasteiger partial charge in [-0.05, 0) is 208 Å². The number of aryl methyl sites for hydroxylation is 2. The van der Waals surface area contributed by atoms with Gasteiger partial charge in [0.1, 0.15) is 41.6 Å². The van der Waals surface area contributed by atoms with Crippen molar-refractivity contribution in [2.45, 2.75) is 127 Å². The van der Waals surface area contributed by atoms with Crippen LogP contribution in [0.4, 0.5) is 27.8 Å². The lowest BCUT2D eigenvalue weighted by Gasteiger charge is -2.34. The van der Waals surface area contributed by atoms with E-state index in [1.54, 1.807) is 79.3 Å². The van der Waals surface area contributed by atoms with Gasteiger partial charge >= 0.3 is 29.9 Å². The quantitative estimate of drug-likeness (QED) is 0.00957. The lowest BCUT2D eigenvalue weighted by atomic mass is 9.96. The molecule has 740 valence electrons. The van der Waals surface area contributed by atoms with Gasteiger partial charge in [0.15, 0.2) is 11.6 Å². The standard InChI is InChI=1S/C27H28Cl2N4O3.C26H26Cl2N4O5.C26H24Cl2N2O4.C24H23Cl2N5O4/c28-21-4-3-5-22(29)25(21)26(34)32-23(27(35)36)16-18-7-9-20(10-8-18)33-14-11-19(12-15-33)17-31-24-6-1-2-13-30-24;27-20-5-2-6-21(28)24(20)25(35)31-22(26(36)37)11-12-23(34)17-9-7-16(8-10-17)15-19(33)4-1-3-18(32-30)13-14-29;27-20-8-4-9-21(28)24(20)25(32)30-22(26(33)34)14-15-23(31)18-12-10-17(11-13-18)5-3-7-19-6-1-2-16-29-19;25-17-4-3-5-18(26)21(17)22(32)31-19(23(33)34)11-13-28-24(35)29-14-15-7-9-16(10-8-15)30-20-6-1-2-12-27-20/h1-10,13,19,23H,11-12,14-17H2,(H,30,31)(H,32,34)(H,35,36);2,5-10,13-14,22,29-30H,1,3-4,11-12,15H2,(H,31,35)(H,36,37);1-2,4,6,8-13,16,22H,3,5,7,14-15H2,(H,30,32)(H,33,34);1-10,12,19H,11,13-14H2,(H,27,30)(H,31,32)(H,33,34)(H2,28,29,35)/b;18-13-,29-14?,32-30?;;/t23-;2*22-;19-/m1000/s1. The lowest BCUT2D eigenvalue weighted by molar-refractivity contribution is -0.140. The molecule has 1 aliphatic rings. The van der Waals surface area contributed by atoms with Crippen molar-refractivity contribution in [2.75, 3.05) is 41.7 Å². The average Bonchev–Trinajstić information content (AvgIpc) is 0.838. The van der Waals surface area contributed by atoms with Crippen molar-refractivity contribution in [2.24, 2.45) is 11.0 Å². The highest BCUT2D eigenvalue weighted by Crippen LogP contribution is 2.31. The van der Waals surface area contributed by atoms with Crippen LogP contribution in [0.5, 0.6) is 0 Å². The van der Waals surface area contributed by atoms with Crippen molar-refractivity contribution in [3.8, 4) is 0 Å². The van der Waals surface area contributed by atoms with E-state index >= 15 is 0 Å². The summed E-state index contributed by atoms with van der Waals surface area (Å²) in [5.74, 6) is -5.98. The van der Waals surface area contributed by atoms with Crippen LogP contribution in [0.1, 0.15) is 161 Å². The number of anilines is 4. The number of carboxylic acid groups (broad SMARTS) is 4. The molecule has 4 heterocycles. The van der Waals surface area contributed by atoms with Crippen LogP contribution in [0.3, 0.4) is 0 Å². The minimum atomic E-state index is -1.32. The zero-order valence-electron chi connectivity index (χ0n) is 76.2. The lowest BCUT2D eigenvalue weighted by Crippen LogP contribution is -2.44. The number of aliphatic carboxylic acids is 4. The second kappa shape index (κ2) is 58.3. The predicted molar refractivity (Wildman–Crippen MR) is 549 cm³/mol. The molecule has 1 fully saturated rings. The highest BCUT2D eigenvalue weighted by Gasteiger charge is 2.30. The van der Waals surface area contributed by atoms with Crippen molar-refractivity contribution >= 4 is 193 Å². The maximum absolute atomic E-state index is 12.6. The normalized spacial score (nSPS) is 12.4. The van der Waals surface area contributed by atoms with Gasteiger partial charge in [-0.2, -0.15) is 5.11 Å². The number of pyridine rings is 3. The molecule has 142 heavy (non-hydrogen) atoms. The number of piperidine rings is 1. The first kappa shape index (κ1) is 112. The van der Waals surface area contributed by atoms with E-state index in [4.69, 9.17) is 104 Å². The van der Waals surface area contributed by atoms with E-state index in [1.165, 1.54) is 54.6 Å². The van der Waals surface area contributed by atoms with Crippen molar-refractivity contribution < 1.29 is 78.0 Å². The molecule has 1 aliphatic heterocycles. The molecule has 4 atom stereocenters. The maximum atomic E-state index is 12.6. The summed E-state index contributed by atoms with van der Waals surface area (Å²) in [6.07, 6.45) is 13.8. The molecule has 0 bridgehead atoms. The van der Waals surface area contributed by atoms with Gasteiger partial charge in [0.05, 0.1) is 68.1 Å². The molecular weight excluding hydrogens is 1990 g/mol. The summed E-state index contributed by atoms with van der Waals surface area (Å²) < 4.78 is 0. The van der Waals surface area contributed by atoms with Gasteiger partial charge in [-0.3, -0.25) is 38.5 Å². The molecule has 31 nitrogen and oxygen atoms in total. The van der Waals surface area contributed by atoms with E-state index in [1.807, 2.05) is 115 Å². The highest BCUT2D eigenvalue weighted by molar-refractivity contribution is 6.42. The molecule has 0 radical (unpaired) electrons. The Labute approximate surface area is 858 Å². The molecule has 8 aromatic carbocycles. The zero-order chi connectivity index (χ0) is 103. The Morgan fingerprint density at radius 3 is 1.26 bits per heavy atom. The number of urea groups is 1. The van der Waals surface area contributed by atoms with E-state index in [0.29, 0.717) is 42.0 Å². The molecular formula is C103H101Cl8N15O16. The number of hydrogen-bond donors (Lipinski definition) is 14. The third-order valence-electron chi connectivity index (χ3n) is 22.0. The molecule has 0 aliphatic carbocycles. The van der Waals surface area contributed by atoms with E-state index in [2.05, 4.69) is 67.5 Å². The summed E-state index contributed by atoms with van der Waals surface area (Å²) >= 11 is 48.2. The van der Waals surface area contributed by atoms with Gasteiger partial charge in [0.25, 0.3) is 23.6 Å². The first-order valence-corrected chi connectivity index (χ1v) is 47.7. The average molecular weight is 2090 g/mol. The van der Waals surface area contributed by atoms with Crippen molar-refractivity contribution in [3.63, 3.8) is 0 Å². The third kappa shape index (κ3) is 36.9. The van der Waals surface area contributed by atoms with Crippen LogP contribution in [0, 0.1) is 16.9 Å². The number of carbonyl (C=O) groups is 12. The summed E-state index contributed by atoms with van der Waals surface area (Å²) in [4.78, 5) is 161. The van der Waals surface area contributed by atoms with Crippen LogP contribution in [0.25, 0.3) is 0 Å². The van der Waals surface area contributed by atoms with Crippen LogP contribution in [-0.2, 0) is 56.2 Å². The minimum Gasteiger partial charge on any atom is -0.480 e. The molecule has 0 spiro atoms. The summed E-state index contributed by atoms with van der Waals surface area (Å²) in [6.45, 7) is 3.12. The van der Waals surface area contributed by atoms with Gasteiger partial charge in [0.2, 0.25) is 0 Å². The van der Waals surface area contributed by atoms with Crippen LogP contribution >= 0.6 is 92.8 Å². The molecule has 39 heteroatoms. The molecule has 14 N–H and O–H groups in total.